The molecule has 4 nitrogen and oxygen atoms in total. The average Bonchev–Trinajstić information content (AvgIpc) is 2.64. The monoisotopic (exact) mass is 349 g/mol. The minimum absolute atomic E-state index is 0.473. The molecule has 1 amide bonds. The highest BCUT2D eigenvalue weighted by Gasteiger charge is 2.25. The molecular weight excluding hydrogens is 322 g/mol. The number of rotatable bonds is 6. The molecule has 1 aromatic rings. The fourth-order valence-corrected chi connectivity index (χ4v) is 4.41. The van der Waals surface area contributed by atoms with Crippen LogP contribution in [0.15, 0.2) is 18.3 Å². The molecule has 2 fully saturated rings. The lowest BCUT2D eigenvalue weighted by atomic mass is 9.92. The van der Waals surface area contributed by atoms with Crippen LogP contribution in [-0.4, -0.2) is 42.0 Å². The zero-order valence-corrected chi connectivity index (χ0v) is 15.1. The molecule has 1 aliphatic heterocycles. The Morgan fingerprint density at radius 3 is 2.83 bits per heavy atom. The minimum atomic E-state index is 0.473. The van der Waals surface area contributed by atoms with E-state index >= 15 is 0 Å². The highest BCUT2D eigenvalue weighted by atomic mass is 35.5. The van der Waals surface area contributed by atoms with Gasteiger partial charge in [-0.25, -0.2) is 4.98 Å². The summed E-state index contributed by atoms with van der Waals surface area (Å²) in [5.41, 5.74) is 0. The van der Waals surface area contributed by atoms with Gasteiger partial charge >= 0.3 is 0 Å². The summed E-state index contributed by atoms with van der Waals surface area (Å²) in [4.78, 5) is 20.3. The van der Waals surface area contributed by atoms with Crippen molar-refractivity contribution in [1.29, 1.82) is 0 Å². The lowest BCUT2D eigenvalue weighted by Gasteiger charge is -2.36. The van der Waals surface area contributed by atoms with Gasteiger partial charge in [0.15, 0.2) is 0 Å². The number of carbonyl (C=O) groups is 1. The molecule has 0 N–H and O–H groups in total. The summed E-state index contributed by atoms with van der Waals surface area (Å²) in [7, 11) is 0. The zero-order chi connectivity index (χ0) is 16.8. The van der Waals surface area contributed by atoms with Crippen LogP contribution in [-0.2, 0) is 4.79 Å². The van der Waals surface area contributed by atoms with Crippen LogP contribution in [0.2, 0.25) is 5.02 Å². The second kappa shape index (κ2) is 8.70. The van der Waals surface area contributed by atoms with E-state index < -0.39 is 0 Å². The van der Waals surface area contributed by atoms with E-state index in [9.17, 15) is 4.79 Å². The number of pyridine rings is 1. The maximum absolute atomic E-state index is 11.5. The molecule has 2 aliphatic rings. The van der Waals surface area contributed by atoms with Gasteiger partial charge in [0, 0.05) is 31.9 Å². The number of aromatic nitrogens is 1. The summed E-state index contributed by atoms with van der Waals surface area (Å²) in [6.07, 6.45) is 12.6. The SMILES string of the molecule is O=CN(CCC1CCCN(c2ncccc2Cl)C1)C1CCCCC1. The first kappa shape index (κ1) is 17.5. The molecule has 1 saturated carbocycles. The minimum Gasteiger partial charge on any atom is -0.355 e. The summed E-state index contributed by atoms with van der Waals surface area (Å²) >= 11 is 6.30. The van der Waals surface area contributed by atoms with Gasteiger partial charge in [-0.15, -0.1) is 0 Å². The van der Waals surface area contributed by atoms with Gasteiger partial charge < -0.3 is 9.80 Å². The topological polar surface area (TPSA) is 36.4 Å². The van der Waals surface area contributed by atoms with Crippen LogP contribution < -0.4 is 4.90 Å². The van der Waals surface area contributed by atoms with Crippen molar-refractivity contribution in [2.24, 2.45) is 5.92 Å². The molecule has 1 saturated heterocycles. The highest BCUT2D eigenvalue weighted by Crippen LogP contribution is 2.29. The summed E-state index contributed by atoms with van der Waals surface area (Å²) in [6, 6.07) is 4.26. The Kier molecular flexibility index (Phi) is 6.36. The number of anilines is 1. The fourth-order valence-electron chi connectivity index (χ4n) is 4.17. The standard InChI is InChI=1S/C19H28ClN3O/c20-18-9-4-11-21-19(18)22-12-5-6-16(14-22)10-13-23(15-24)17-7-2-1-3-8-17/h4,9,11,15-17H,1-3,5-8,10,12-14H2. The predicted molar refractivity (Wildman–Crippen MR) is 98.4 cm³/mol. The normalized spacial score (nSPS) is 22.4. The summed E-state index contributed by atoms with van der Waals surface area (Å²) < 4.78 is 0. The third-order valence-electron chi connectivity index (χ3n) is 5.53. The summed E-state index contributed by atoms with van der Waals surface area (Å²) in [6.45, 7) is 2.91. The molecule has 0 bridgehead atoms. The van der Waals surface area contributed by atoms with E-state index in [1.807, 2.05) is 18.3 Å². The Balaban J connectivity index is 1.53. The maximum Gasteiger partial charge on any atom is 0.209 e. The lowest BCUT2D eigenvalue weighted by Crippen LogP contribution is -2.40. The first-order valence-electron chi connectivity index (χ1n) is 9.34. The number of hydrogen-bond acceptors (Lipinski definition) is 3. The molecule has 1 aliphatic carbocycles. The summed E-state index contributed by atoms with van der Waals surface area (Å²) in [5, 5.41) is 0.731. The number of carbonyl (C=O) groups excluding carboxylic acids is 1. The molecular formula is C19H28ClN3O. The van der Waals surface area contributed by atoms with Gasteiger partial charge in [0.25, 0.3) is 0 Å². The third kappa shape index (κ3) is 4.41. The maximum atomic E-state index is 11.5. The molecule has 0 aromatic carbocycles. The van der Waals surface area contributed by atoms with Crippen molar-refractivity contribution in [3.63, 3.8) is 0 Å². The number of piperidine rings is 1. The van der Waals surface area contributed by atoms with Gasteiger partial charge in [-0.05, 0) is 50.2 Å². The largest absolute Gasteiger partial charge is 0.355 e. The van der Waals surface area contributed by atoms with Crippen molar-refractivity contribution < 1.29 is 4.79 Å². The first-order valence-corrected chi connectivity index (χ1v) is 9.72. The fraction of sp³-hybridized carbons (Fsp3) is 0.684. The van der Waals surface area contributed by atoms with Crippen LogP contribution in [0.5, 0.6) is 0 Å². The molecule has 3 rings (SSSR count). The van der Waals surface area contributed by atoms with Crippen LogP contribution in [0.3, 0.4) is 0 Å². The molecule has 0 radical (unpaired) electrons. The Hall–Kier alpha value is -1.29. The van der Waals surface area contributed by atoms with Gasteiger partial charge in [-0.2, -0.15) is 0 Å². The number of hydrogen-bond donors (Lipinski definition) is 0. The number of amides is 1. The van der Waals surface area contributed by atoms with E-state index in [1.54, 1.807) is 0 Å². The summed E-state index contributed by atoms with van der Waals surface area (Å²) in [5.74, 6) is 1.52. The van der Waals surface area contributed by atoms with Crippen LogP contribution in [0.25, 0.3) is 0 Å². The second-order valence-corrected chi connectivity index (χ2v) is 7.59. The van der Waals surface area contributed by atoms with Gasteiger partial charge in [-0.3, -0.25) is 4.79 Å². The van der Waals surface area contributed by atoms with Crippen molar-refractivity contribution in [2.45, 2.75) is 57.4 Å². The van der Waals surface area contributed by atoms with Gasteiger partial charge in [0.05, 0.1) is 5.02 Å². The quantitative estimate of drug-likeness (QED) is 0.724. The average molecular weight is 350 g/mol. The van der Waals surface area contributed by atoms with Crippen molar-refractivity contribution in [2.75, 3.05) is 24.5 Å². The Bertz CT molecular complexity index is 533. The second-order valence-electron chi connectivity index (χ2n) is 7.19. The van der Waals surface area contributed by atoms with Crippen LogP contribution >= 0.6 is 11.6 Å². The van der Waals surface area contributed by atoms with E-state index in [0.29, 0.717) is 12.0 Å². The number of halogens is 1. The zero-order valence-electron chi connectivity index (χ0n) is 14.4. The molecule has 2 heterocycles. The van der Waals surface area contributed by atoms with Crippen LogP contribution in [0, 0.1) is 5.92 Å². The highest BCUT2D eigenvalue weighted by molar-refractivity contribution is 6.32. The molecule has 5 heteroatoms. The van der Waals surface area contributed by atoms with Gasteiger partial charge in [0.1, 0.15) is 5.82 Å². The van der Waals surface area contributed by atoms with Gasteiger partial charge in [0.2, 0.25) is 6.41 Å². The van der Waals surface area contributed by atoms with E-state index in [2.05, 4.69) is 14.8 Å². The van der Waals surface area contributed by atoms with E-state index in [-0.39, 0.29) is 0 Å². The third-order valence-corrected chi connectivity index (χ3v) is 5.83. The predicted octanol–water partition coefficient (Wildman–Crippen LogP) is 4.13. The molecule has 1 atom stereocenters. The molecule has 1 aromatic heterocycles. The molecule has 1 unspecified atom stereocenters. The Morgan fingerprint density at radius 1 is 1.25 bits per heavy atom. The van der Waals surface area contributed by atoms with Crippen LogP contribution in [0.1, 0.15) is 51.4 Å². The number of nitrogens with zero attached hydrogens (tertiary/aromatic N) is 3. The van der Waals surface area contributed by atoms with Crippen molar-refractivity contribution in [3.8, 4) is 0 Å². The molecule has 132 valence electrons. The van der Waals surface area contributed by atoms with Crippen molar-refractivity contribution in [3.05, 3.63) is 23.4 Å². The van der Waals surface area contributed by atoms with E-state index in [1.165, 1.54) is 44.9 Å². The molecule has 0 spiro atoms. The van der Waals surface area contributed by atoms with Crippen molar-refractivity contribution in [1.82, 2.24) is 9.88 Å². The smallest absolute Gasteiger partial charge is 0.209 e. The lowest BCUT2D eigenvalue weighted by molar-refractivity contribution is -0.121. The van der Waals surface area contributed by atoms with E-state index in [0.717, 1.165) is 43.3 Å². The van der Waals surface area contributed by atoms with Crippen molar-refractivity contribution >= 4 is 23.8 Å². The Morgan fingerprint density at radius 2 is 2.08 bits per heavy atom. The van der Waals surface area contributed by atoms with E-state index in [4.69, 9.17) is 11.6 Å². The van der Waals surface area contributed by atoms with Crippen LogP contribution in [0.4, 0.5) is 5.82 Å². The first-order chi connectivity index (χ1) is 11.8. The van der Waals surface area contributed by atoms with Gasteiger partial charge in [-0.1, -0.05) is 30.9 Å². The molecule has 24 heavy (non-hydrogen) atoms. The Labute approximate surface area is 150 Å².